The summed E-state index contributed by atoms with van der Waals surface area (Å²) in [5.74, 6) is -0.899. The molecule has 120 valence electrons. The minimum atomic E-state index is -0.899. The molecule has 2 rings (SSSR count). The summed E-state index contributed by atoms with van der Waals surface area (Å²) in [5, 5.41) is 12.5. The average molecular weight is 296 g/mol. The van der Waals surface area contributed by atoms with Gasteiger partial charge in [0.15, 0.2) is 0 Å². The van der Waals surface area contributed by atoms with Crippen LogP contribution in [0.25, 0.3) is 0 Å². The second-order valence-electron chi connectivity index (χ2n) is 7.39. The lowest BCUT2D eigenvalue weighted by atomic mass is 9.67. The first-order chi connectivity index (χ1) is 9.81. The Morgan fingerprint density at radius 3 is 2.38 bits per heavy atom. The molecule has 2 fully saturated rings. The number of carbonyl (C=O) groups is 2. The van der Waals surface area contributed by atoms with E-state index in [-0.39, 0.29) is 16.9 Å². The molecule has 1 saturated carbocycles. The van der Waals surface area contributed by atoms with Gasteiger partial charge in [-0.1, -0.05) is 27.2 Å². The standard InChI is InChI=1S/C16H28N2O3/c1-4-16(8-5-9-16)11-17-14(21)18-10-6-7-15(2,3)12(18)13(19)20/h12H,4-11H2,1-3H3,(H,17,21)(H,19,20). The molecule has 0 aromatic rings. The average Bonchev–Trinajstić information content (AvgIpc) is 2.35. The molecule has 5 nitrogen and oxygen atoms in total. The molecule has 0 aromatic carbocycles. The summed E-state index contributed by atoms with van der Waals surface area (Å²) >= 11 is 0. The van der Waals surface area contributed by atoms with Gasteiger partial charge in [-0.25, -0.2) is 9.59 Å². The molecule has 0 spiro atoms. The van der Waals surface area contributed by atoms with Crippen LogP contribution in [0.5, 0.6) is 0 Å². The molecule has 2 amide bonds. The number of carbonyl (C=O) groups excluding carboxylic acids is 1. The van der Waals surface area contributed by atoms with Gasteiger partial charge in [-0.3, -0.25) is 0 Å². The molecule has 0 aromatic heterocycles. The van der Waals surface area contributed by atoms with Crippen LogP contribution >= 0.6 is 0 Å². The van der Waals surface area contributed by atoms with Gasteiger partial charge in [0.2, 0.25) is 0 Å². The summed E-state index contributed by atoms with van der Waals surface area (Å²) in [5.41, 5.74) is -0.125. The number of likely N-dealkylation sites (tertiary alicyclic amines) is 1. The van der Waals surface area contributed by atoms with Crippen molar-refractivity contribution in [3.8, 4) is 0 Å². The number of rotatable bonds is 4. The third-order valence-electron chi connectivity index (χ3n) is 5.55. The van der Waals surface area contributed by atoms with Crippen LogP contribution < -0.4 is 5.32 Å². The molecule has 2 N–H and O–H groups in total. The highest BCUT2D eigenvalue weighted by molar-refractivity contribution is 5.83. The molecule has 1 atom stereocenters. The molecule has 1 aliphatic heterocycles. The second-order valence-corrected chi connectivity index (χ2v) is 7.39. The molecular weight excluding hydrogens is 268 g/mol. The minimum absolute atomic E-state index is 0.213. The summed E-state index contributed by atoms with van der Waals surface area (Å²) in [7, 11) is 0. The van der Waals surface area contributed by atoms with Crippen LogP contribution in [0.2, 0.25) is 0 Å². The lowest BCUT2D eigenvalue weighted by Crippen LogP contribution is -2.59. The van der Waals surface area contributed by atoms with Crippen LogP contribution in [0, 0.1) is 10.8 Å². The lowest BCUT2D eigenvalue weighted by molar-refractivity contribution is -0.148. The van der Waals surface area contributed by atoms with Gasteiger partial charge in [-0.15, -0.1) is 0 Å². The SMILES string of the molecule is CCC1(CNC(=O)N2CCCC(C)(C)C2C(=O)O)CCC1. The first-order valence-corrected chi connectivity index (χ1v) is 8.09. The van der Waals surface area contributed by atoms with E-state index in [9.17, 15) is 14.7 Å². The Hall–Kier alpha value is -1.26. The van der Waals surface area contributed by atoms with E-state index in [2.05, 4.69) is 12.2 Å². The topological polar surface area (TPSA) is 69.6 Å². The molecule has 1 saturated heterocycles. The zero-order valence-electron chi connectivity index (χ0n) is 13.4. The van der Waals surface area contributed by atoms with Crippen molar-refractivity contribution in [1.29, 1.82) is 0 Å². The molecule has 21 heavy (non-hydrogen) atoms. The first-order valence-electron chi connectivity index (χ1n) is 8.09. The number of piperidine rings is 1. The highest BCUT2D eigenvalue weighted by Gasteiger charge is 2.45. The maximum absolute atomic E-state index is 12.5. The fourth-order valence-corrected chi connectivity index (χ4v) is 3.78. The number of amides is 2. The maximum atomic E-state index is 12.5. The normalized spacial score (nSPS) is 26.8. The number of hydrogen-bond acceptors (Lipinski definition) is 2. The van der Waals surface area contributed by atoms with Crippen molar-refractivity contribution in [2.75, 3.05) is 13.1 Å². The van der Waals surface area contributed by atoms with E-state index in [0.717, 1.165) is 32.1 Å². The van der Waals surface area contributed by atoms with E-state index < -0.39 is 12.0 Å². The summed E-state index contributed by atoms with van der Waals surface area (Å²) in [6.45, 7) is 7.24. The highest BCUT2D eigenvalue weighted by atomic mass is 16.4. The molecule has 2 aliphatic rings. The smallest absolute Gasteiger partial charge is 0.327 e. The van der Waals surface area contributed by atoms with Crippen LogP contribution in [0.4, 0.5) is 4.79 Å². The molecule has 1 heterocycles. The van der Waals surface area contributed by atoms with Gasteiger partial charge in [-0.2, -0.15) is 0 Å². The number of nitrogens with one attached hydrogen (secondary N) is 1. The van der Waals surface area contributed by atoms with Crippen LogP contribution in [0.1, 0.15) is 59.3 Å². The number of hydrogen-bond donors (Lipinski definition) is 2. The molecule has 1 aliphatic carbocycles. The predicted molar refractivity (Wildman–Crippen MR) is 81.1 cm³/mol. The van der Waals surface area contributed by atoms with E-state index >= 15 is 0 Å². The van der Waals surface area contributed by atoms with Crippen molar-refractivity contribution in [3.05, 3.63) is 0 Å². The Kier molecular flexibility index (Phi) is 4.49. The number of carboxylic acids is 1. The van der Waals surface area contributed by atoms with Crippen molar-refractivity contribution in [3.63, 3.8) is 0 Å². The number of urea groups is 1. The van der Waals surface area contributed by atoms with Crippen molar-refractivity contribution in [2.45, 2.75) is 65.3 Å². The van der Waals surface area contributed by atoms with E-state index in [1.54, 1.807) is 0 Å². The predicted octanol–water partition coefficient (Wildman–Crippen LogP) is 2.85. The van der Waals surface area contributed by atoms with Gasteiger partial charge in [0.05, 0.1) is 0 Å². The fourth-order valence-electron chi connectivity index (χ4n) is 3.78. The Morgan fingerprint density at radius 2 is 1.90 bits per heavy atom. The van der Waals surface area contributed by atoms with Crippen molar-refractivity contribution < 1.29 is 14.7 Å². The van der Waals surface area contributed by atoms with Gasteiger partial charge >= 0.3 is 12.0 Å². The fraction of sp³-hybridized carbons (Fsp3) is 0.875. The van der Waals surface area contributed by atoms with E-state index in [1.165, 1.54) is 11.3 Å². The Bertz CT molecular complexity index is 410. The van der Waals surface area contributed by atoms with Gasteiger partial charge in [-0.05, 0) is 42.9 Å². The van der Waals surface area contributed by atoms with E-state index in [0.29, 0.717) is 13.1 Å². The largest absolute Gasteiger partial charge is 0.480 e. The van der Waals surface area contributed by atoms with E-state index in [4.69, 9.17) is 0 Å². The minimum Gasteiger partial charge on any atom is -0.480 e. The van der Waals surface area contributed by atoms with Crippen LogP contribution in [0.15, 0.2) is 0 Å². The Balaban J connectivity index is 2.01. The van der Waals surface area contributed by atoms with Crippen LogP contribution in [0.3, 0.4) is 0 Å². The number of nitrogens with zero attached hydrogens (tertiary/aromatic N) is 1. The maximum Gasteiger partial charge on any atom is 0.327 e. The summed E-state index contributed by atoms with van der Waals surface area (Å²) in [6, 6.07) is -0.944. The first kappa shape index (κ1) is 16.1. The third-order valence-corrected chi connectivity index (χ3v) is 5.55. The molecule has 1 unspecified atom stereocenters. The summed E-state index contributed by atoms with van der Waals surface area (Å²) in [6.07, 6.45) is 6.34. The quantitative estimate of drug-likeness (QED) is 0.838. The monoisotopic (exact) mass is 296 g/mol. The summed E-state index contributed by atoms with van der Waals surface area (Å²) < 4.78 is 0. The zero-order chi connectivity index (χ0) is 15.7. The summed E-state index contributed by atoms with van der Waals surface area (Å²) in [4.78, 5) is 25.6. The molecule has 5 heteroatoms. The zero-order valence-corrected chi connectivity index (χ0v) is 13.4. The molecule has 0 radical (unpaired) electrons. The number of aliphatic carboxylic acids is 1. The molecule has 0 bridgehead atoms. The lowest BCUT2D eigenvalue weighted by Gasteiger charge is -2.45. The second kappa shape index (κ2) is 5.85. The Morgan fingerprint density at radius 1 is 1.24 bits per heavy atom. The van der Waals surface area contributed by atoms with Gasteiger partial charge in [0.25, 0.3) is 0 Å². The van der Waals surface area contributed by atoms with E-state index in [1.807, 2.05) is 13.8 Å². The third kappa shape index (κ3) is 3.16. The van der Waals surface area contributed by atoms with Crippen molar-refractivity contribution >= 4 is 12.0 Å². The van der Waals surface area contributed by atoms with Gasteiger partial charge in [0.1, 0.15) is 6.04 Å². The Labute approximate surface area is 127 Å². The number of carboxylic acid groups (broad SMARTS) is 1. The van der Waals surface area contributed by atoms with Crippen molar-refractivity contribution in [1.82, 2.24) is 10.2 Å². The van der Waals surface area contributed by atoms with Gasteiger partial charge in [0, 0.05) is 13.1 Å². The van der Waals surface area contributed by atoms with Crippen molar-refractivity contribution in [2.24, 2.45) is 10.8 Å². The van der Waals surface area contributed by atoms with Crippen LogP contribution in [-0.4, -0.2) is 41.1 Å². The van der Waals surface area contributed by atoms with Crippen LogP contribution in [-0.2, 0) is 4.79 Å². The highest BCUT2D eigenvalue weighted by Crippen LogP contribution is 2.43. The molecular formula is C16H28N2O3. The van der Waals surface area contributed by atoms with Gasteiger partial charge < -0.3 is 15.3 Å².